The Bertz CT molecular complexity index is 1080. The van der Waals surface area contributed by atoms with Crippen molar-refractivity contribution >= 4 is 50.2 Å². The van der Waals surface area contributed by atoms with Crippen LogP contribution in [0.1, 0.15) is 10.5 Å². The molecule has 25 heavy (non-hydrogen) atoms. The summed E-state index contributed by atoms with van der Waals surface area (Å²) in [4.78, 5) is 12.2. The molecule has 4 rings (SSSR count). The van der Waals surface area contributed by atoms with Crippen molar-refractivity contribution in [3.8, 4) is 10.4 Å². The van der Waals surface area contributed by atoms with Crippen molar-refractivity contribution in [2.24, 2.45) is 0 Å². The van der Waals surface area contributed by atoms with Crippen molar-refractivity contribution in [1.82, 2.24) is 10.2 Å². The van der Waals surface area contributed by atoms with Crippen molar-refractivity contribution < 1.29 is 14.3 Å². The van der Waals surface area contributed by atoms with E-state index in [-0.39, 0.29) is 11.5 Å². The summed E-state index contributed by atoms with van der Waals surface area (Å²) >= 11 is 2.79. The first-order valence-electron chi connectivity index (χ1n) is 7.20. The van der Waals surface area contributed by atoms with E-state index in [1.807, 2.05) is 22.9 Å². The van der Waals surface area contributed by atoms with Crippen LogP contribution in [0.5, 0.6) is 0 Å². The summed E-state index contributed by atoms with van der Waals surface area (Å²) in [5.41, 5.74) is 1.42. The Hall–Kier alpha value is -2.84. The average Bonchev–Trinajstić information content (AvgIpc) is 3.24. The Balaban J connectivity index is 1.90. The molecule has 1 aromatic carbocycles. The molecule has 0 fully saturated rings. The topological polar surface area (TPSA) is 75.1 Å². The van der Waals surface area contributed by atoms with E-state index in [0.29, 0.717) is 21.5 Å². The number of anilines is 2. The number of carboxylic acids is 1. The van der Waals surface area contributed by atoms with Gasteiger partial charge < -0.3 is 10.4 Å². The molecule has 8 heteroatoms. The summed E-state index contributed by atoms with van der Waals surface area (Å²) in [6.07, 6.45) is 0. The lowest BCUT2D eigenvalue weighted by Gasteiger charge is -2.04. The molecule has 0 aliphatic carbocycles. The van der Waals surface area contributed by atoms with Crippen LogP contribution in [0, 0.1) is 5.82 Å². The molecule has 0 saturated heterocycles. The fourth-order valence-corrected chi connectivity index (χ4v) is 4.15. The Kier molecular flexibility index (Phi) is 3.90. The number of benzene rings is 1. The van der Waals surface area contributed by atoms with Gasteiger partial charge in [0.05, 0.1) is 10.4 Å². The van der Waals surface area contributed by atoms with Crippen LogP contribution < -0.4 is 5.32 Å². The molecule has 124 valence electrons. The van der Waals surface area contributed by atoms with Crippen LogP contribution in [0.25, 0.3) is 20.5 Å². The first-order valence-corrected chi connectivity index (χ1v) is 8.96. The zero-order valence-electron chi connectivity index (χ0n) is 12.6. The lowest BCUT2D eigenvalue weighted by Crippen LogP contribution is -2.04. The number of aromatic carboxylic acids is 1. The molecule has 5 nitrogen and oxygen atoms in total. The number of carboxylic acid groups (broad SMARTS) is 1. The van der Waals surface area contributed by atoms with Crippen molar-refractivity contribution in [3.05, 3.63) is 58.7 Å². The first-order chi connectivity index (χ1) is 12.1. The van der Waals surface area contributed by atoms with Gasteiger partial charge in [-0.15, -0.1) is 21.5 Å². The Labute approximate surface area is 149 Å². The summed E-state index contributed by atoms with van der Waals surface area (Å²) in [6.45, 7) is 0. The van der Waals surface area contributed by atoms with Crippen molar-refractivity contribution in [1.29, 1.82) is 0 Å². The minimum absolute atomic E-state index is 0.112. The van der Waals surface area contributed by atoms with Crippen molar-refractivity contribution in [2.75, 3.05) is 5.32 Å². The summed E-state index contributed by atoms with van der Waals surface area (Å²) in [7, 11) is 0. The third kappa shape index (κ3) is 2.97. The van der Waals surface area contributed by atoms with Gasteiger partial charge in [0.2, 0.25) is 0 Å². The molecule has 3 aromatic heterocycles. The quantitative estimate of drug-likeness (QED) is 0.528. The molecule has 0 aliphatic heterocycles. The number of aromatic nitrogens is 2. The lowest BCUT2D eigenvalue weighted by atomic mass is 10.1. The minimum atomic E-state index is -1.15. The number of rotatable bonds is 4. The van der Waals surface area contributed by atoms with Gasteiger partial charge in [0, 0.05) is 15.6 Å². The third-order valence-electron chi connectivity index (χ3n) is 3.55. The number of hydrogen-bond donors (Lipinski definition) is 2. The number of fused-ring (bicyclic) bond motifs is 1. The predicted molar refractivity (Wildman–Crippen MR) is 97.4 cm³/mol. The molecule has 2 N–H and O–H groups in total. The number of nitrogens with one attached hydrogen (secondary N) is 1. The summed E-state index contributed by atoms with van der Waals surface area (Å²) in [6, 6.07) is 9.88. The van der Waals surface area contributed by atoms with Gasteiger partial charge in [0.15, 0.2) is 11.5 Å². The Morgan fingerprint density at radius 2 is 2.08 bits per heavy atom. The van der Waals surface area contributed by atoms with E-state index in [1.54, 1.807) is 12.1 Å². The number of carbonyl (C=O) groups is 1. The second-order valence-electron chi connectivity index (χ2n) is 5.20. The van der Waals surface area contributed by atoms with Gasteiger partial charge in [-0.1, -0.05) is 12.1 Å². The molecule has 3 heterocycles. The highest BCUT2D eigenvalue weighted by molar-refractivity contribution is 7.22. The molecule has 0 radical (unpaired) electrons. The SMILES string of the molecule is O=C(O)c1nnc(Nc2ccsc2)c2cc(-c3cccc(F)c3)sc12. The van der Waals surface area contributed by atoms with Crippen molar-refractivity contribution in [3.63, 3.8) is 0 Å². The maximum absolute atomic E-state index is 13.5. The fourth-order valence-electron chi connectivity index (χ4n) is 2.43. The number of hydrogen-bond acceptors (Lipinski definition) is 6. The van der Waals surface area contributed by atoms with Gasteiger partial charge in [-0.3, -0.25) is 0 Å². The lowest BCUT2D eigenvalue weighted by molar-refractivity contribution is 0.0692. The van der Waals surface area contributed by atoms with Crippen LogP contribution in [0.4, 0.5) is 15.9 Å². The summed E-state index contributed by atoms with van der Waals surface area (Å²) in [5.74, 6) is -1.02. The van der Waals surface area contributed by atoms with Crippen LogP contribution in [-0.4, -0.2) is 21.3 Å². The molecular weight excluding hydrogens is 361 g/mol. The highest BCUT2D eigenvalue weighted by atomic mass is 32.1. The maximum atomic E-state index is 13.5. The maximum Gasteiger partial charge on any atom is 0.357 e. The first kappa shape index (κ1) is 15.7. The normalized spacial score (nSPS) is 10.9. The van der Waals surface area contributed by atoms with Crippen molar-refractivity contribution in [2.45, 2.75) is 0 Å². The second kappa shape index (κ2) is 6.23. The second-order valence-corrected chi connectivity index (χ2v) is 7.04. The Morgan fingerprint density at radius 3 is 2.80 bits per heavy atom. The zero-order valence-corrected chi connectivity index (χ0v) is 14.2. The minimum Gasteiger partial charge on any atom is -0.476 e. The smallest absolute Gasteiger partial charge is 0.357 e. The van der Waals surface area contributed by atoms with Crippen LogP contribution in [0.2, 0.25) is 0 Å². The fraction of sp³-hybridized carbons (Fsp3) is 0. The van der Waals surface area contributed by atoms with E-state index >= 15 is 0 Å². The number of nitrogens with zero attached hydrogens (tertiary/aromatic N) is 2. The van der Waals surface area contributed by atoms with E-state index < -0.39 is 5.97 Å². The summed E-state index contributed by atoms with van der Waals surface area (Å²) < 4.78 is 14.0. The molecule has 0 aliphatic rings. The van der Waals surface area contributed by atoms with Crippen LogP contribution in [-0.2, 0) is 0 Å². The van der Waals surface area contributed by atoms with Gasteiger partial charge in [0.1, 0.15) is 5.82 Å². The van der Waals surface area contributed by atoms with Gasteiger partial charge in [-0.05, 0) is 35.2 Å². The monoisotopic (exact) mass is 371 g/mol. The molecule has 0 saturated carbocycles. The summed E-state index contributed by atoms with van der Waals surface area (Å²) in [5, 5.41) is 24.9. The highest BCUT2D eigenvalue weighted by Crippen LogP contribution is 2.38. The van der Waals surface area contributed by atoms with Crippen LogP contribution in [0.15, 0.2) is 47.2 Å². The zero-order chi connectivity index (χ0) is 17.4. The van der Waals surface area contributed by atoms with E-state index in [0.717, 1.165) is 10.6 Å². The third-order valence-corrected chi connectivity index (χ3v) is 5.42. The largest absolute Gasteiger partial charge is 0.476 e. The van der Waals surface area contributed by atoms with E-state index in [2.05, 4.69) is 15.5 Å². The highest BCUT2D eigenvalue weighted by Gasteiger charge is 2.19. The molecule has 4 aromatic rings. The molecule has 0 bridgehead atoms. The van der Waals surface area contributed by atoms with E-state index in [1.165, 1.54) is 34.8 Å². The van der Waals surface area contributed by atoms with Crippen LogP contribution >= 0.6 is 22.7 Å². The van der Waals surface area contributed by atoms with E-state index in [4.69, 9.17) is 0 Å². The molecule has 0 unspecified atom stereocenters. The number of thiophene rings is 2. The average molecular weight is 371 g/mol. The van der Waals surface area contributed by atoms with E-state index in [9.17, 15) is 14.3 Å². The molecule has 0 atom stereocenters. The Morgan fingerprint density at radius 1 is 1.20 bits per heavy atom. The standard InChI is InChI=1S/C17H10FN3O2S2/c18-10-3-1-2-9(6-10)13-7-12-15(25-13)14(17(22)23)20-21-16(12)19-11-4-5-24-8-11/h1-8H,(H,19,21)(H,22,23). The van der Waals surface area contributed by atoms with Gasteiger partial charge in [-0.2, -0.15) is 11.3 Å². The molecular formula is C17H10FN3O2S2. The van der Waals surface area contributed by atoms with Gasteiger partial charge in [-0.25, -0.2) is 9.18 Å². The number of halogens is 1. The van der Waals surface area contributed by atoms with Gasteiger partial charge in [0.25, 0.3) is 0 Å². The molecule has 0 amide bonds. The predicted octanol–water partition coefficient (Wildman–Crippen LogP) is 5.00. The van der Waals surface area contributed by atoms with Crippen LogP contribution in [0.3, 0.4) is 0 Å². The van der Waals surface area contributed by atoms with Gasteiger partial charge >= 0.3 is 5.97 Å². The molecule has 0 spiro atoms.